The second-order valence-electron chi connectivity index (χ2n) is 5.96. The average Bonchev–Trinajstić information content (AvgIpc) is 2.82. The lowest BCUT2D eigenvalue weighted by Gasteiger charge is -2.23. The van der Waals surface area contributed by atoms with Crippen LogP contribution in [0.5, 0.6) is 0 Å². The number of aliphatic hydroxyl groups excluding tert-OH is 1. The molecule has 0 radical (unpaired) electrons. The van der Waals surface area contributed by atoms with Gasteiger partial charge in [-0.3, -0.25) is 4.79 Å². The molecule has 2 unspecified atom stereocenters. The summed E-state index contributed by atoms with van der Waals surface area (Å²) < 4.78 is 0. The number of nitrogens with one attached hydrogen (secondary N) is 1. The van der Waals surface area contributed by atoms with Crippen LogP contribution in [0.3, 0.4) is 0 Å². The highest BCUT2D eigenvalue weighted by Gasteiger charge is 2.47. The van der Waals surface area contributed by atoms with E-state index in [2.05, 4.69) is 5.32 Å². The summed E-state index contributed by atoms with van der Waals surface area (Å²) >= 11 is 0. The van der Waals surface area contributed by atoms with Crippen molar-refractivity contribution < 1.29 is 9.90 Å². The molecule has 0 heterocycles. The van der Waals surface area contributed by atoms with Gasteiger partial charge >= 0.3 is 0 Å². The molecule has 3 nitrogen and oxygen atoms in total. The van der Waals surface area contributed by atoms with E-state index in [0.717, 1.165) is 24.7 Å². The maximum Gasteiger partial charge on any atom is 0.223 e. The number of amides is 1. The minimum atomic E-state index is -0.197. The Bertz CT molecular complexity index is 252. The minimum absolute atomic E-state index is 0.114. The molecule has 0 aromatic heterocycles. The molecule has 1 amide bonds. The fourth-order valence-electron chi connectivity index (χ4n) is 2.46. The highest BCUT2D eigenvalue weighted by atomic mass is 16.3. The highest BCUT2D eigenvalue weighted by molar-refractivity contribution is 5.79. The second-order valence-corrected chi connectivity index (χ2v) is 5.96. The van der Waals surface area contributed by atoms with Crippen LogP contribution in [0.4, 0.5) is 0 Å². The van der Waals surface area contributed by atoms with E-state index in [1.807, 2.05) is 13.8 Å². The number of hydrogen-bond donors (Lipinski definition) is 2. The largest absolute Gasteiger partial charge is 0.396 e. The molecule has 2 aliphatic carbocycles. The lowest BCUT2D eigenvalue weighted by atomic mass is 9.94. The van der Waals surface area contributed by atoms with Gasteiger partial charge in [-0.05, 0) is 31.1 Å². The van der Waals surface area contributed by atoms with Gasteiger partial charge in [0.1, 0.15) is 0 Å². The molecule has 0 aromatic rings. The summed E-state index contributed by atoms with van der Waals surface area (Å²) in [6.07, 6.45) is 3.54. The first-order chi connectivity index (χ1) is 7.02. The molecule has 0 bridgehead atoms. The maximum absolute atomic E-state index is 11.8. The van der Waals surface area contributed by atoms with Crippen molar-refractivity contribution in [2.75, 3.05) is 13.2 Å². The summed E-state index contributed by atoms with van der Waals surface area (Å²) in [5.74, 6) is 2.16. The molecule has 2 rings (SSSR count). The van der Waals surface area contributed by atoms with Crippen LogP contribution in [0.25, 0.3) is 0 Å². The summed E-state index contributed by atoms with van der Waals surface area (Å²) in [6, 6.07) is 0. The molecule has 0 aliphatic heterocycles. The van der Waals surface area contributed by atoms with Gasteiger partial charge in [0.05, 0.1) is 0 Å². The molecule has 0 spiro atoms. The minimum Gasteiger partial charge on any atom is -0.396 e. The van der Waals surface area contributed by atoms with Crippen LogP contribution in [0, 0.1) is 23.2 Å². The SMILES string of the molecule is CC(C)(CO)CNC(=O)C1CC2CC2C1. The van der Waals surface area contributed by atoms with Crippen LogP contribution in [0.1, 0.15) is 33.1 Å². The third-order valence-corrected chi connectivity index (χ3v) is 3.78. The number of hydrogen-bond acceptors (Lipinski definition) is 2. The maximum atomic E-state index is 11.8. The molecule has 0 aromatic carbocycles. The fraction of sp³-hybridized carbons (Fsp3) is 0.917. The van der Waals surface area contributed by atoms with E-state index in [1.54, 1.807) is 0 Å². The standard InChI is InChI=1S/C12H21NO2/c1-12(2,7-14)6-13-11(15)10-4-8-3-9(8)5-10/h8-10,14H,3-7H2,1-2H3,(H,13,15). The Balaban J connectivity index is 1.73. The molecule has 2 N–H and O–H groups in total. The van der Waals surface area contributed by atoms with Crippen molar-refractivity contribution >= 4 is 5.91 Å². The quantitative estimate of drug-likeness (QED) is 0.733. The zero-order valence-electron chi connectivity index (χ0n) is 9.62. The Morgan fingerprint density at radius 2 is 1.93 bits per heavy atom. The van der Waals surface area contributed by atoms with E-state index in [-0.39, 0.29) is 23.8 Å². The van der Waals surface area contributed by atoms with Crippen molar-refractivity contribution in [2.24, 2.45) is 23.2 Å². The number of carbonyl (C=O) groups excluding carboxylic acids is 1. The molecule has 2 fully saturated rings. The van der Waals surface area contributed by atoms with Gasteiger partial charge in [-0.15, -0.1) is 0 Å². The number of fused-ring (bicyclic) bond motifs is 1. The molecular formula is C12H21NO2. The van der Waals surface area contributed by atoms with Gasteiger partial charge < -0.3 is 10.4 Å². The summed E-state index contributed by atoms with van der Waals surface area (Å²) in [5.41, 5.74) is -0.197. The van der Waals surface area contributed by atoms with E-state index in [9.17, 15) is 4.79 Å². The average molecular weight is 211 g/mol. The van der Waals surface area contributed by atoms with Crippen LogP contribution in [-0.2, 0) is 4.79 Å². The number of aliphatic hydroxyl groups is 1. The van der Waals surface area contributed by atoms with Crippen molar-refractivity contribution in [3.8, 4) is 0 Å². The Morgan fingerprint density at radius 1 is 1.33 bits per heavy atom. The summed E-state index contributed by atoms with van der Waals surface area (Å²) in [5, 5.41) is 12.0. The smallest absolute Gasteiger partial charge is 0.223 e. The number of rotatable bonds is 4. The van der Waals surface area contributed by atoms with E-state index >= 15 is 0 Å². The Morgan fingerprint density at radius 3 is 2.47 bits per heavy atom. The zero-order chi connectivity index (χ0) is 11.1. The van der Waals surface area contributed by atoms with Crippen molar-refractivity contribution in [1.82, 2.24) is 5.32 Å². The van der Waals surface area contributed by atoms with Gasteiger partial charge in [-0.2, -0.15) is 0 Å². The molecule has 2 aliphatic rings. The molecule has 2 saturated carbocycles. The van der Waals surface area contributed by atoms with Gasteiger partial charge in [0.25, 0.3) is 0 Å². The van der Waals surface area contributed by atoms with Crippen LogP contribution >= 0.6 is 0 Å². The third-order valence-electron chi connectivity index (χ3n) is 3.78. The van der Waals surface area contributed by atoms with E-state index in [1.165, 1.54) is 6.42 Å². The van der Waals surface area contributed by atoms with Crippen molar-refractivity contribution in [2.45, 2.75) is 33.1 Å². The molecule has 0 saturated heterocycles. The van der Waals surface area contributed by atoms with Gasteiger partial charge in [0.2, 0.25) is 5.91 Å². The topological polar surface area (TPSA) is 49.3 Å². The van der Waals surface area contributed by atoms with Crippen LogP contribution in [-0.4, -0.2) is 24.2 Å². The van der Waals surface area contributed by atoms with Crippen molar-refractivity contribution in [3.63, 3.8) is 0 Å². The van der Waals surface area contributed by atoms with Crippen LogP contribution in [0.2, 0.25) is 0 Å². The van der Waals surface area contributed by atoms with Gasteiger partial charge in [0.15, 0.2) is 0 Å². The Kier molecular flexibility index (Phi) is 2.75. The normalized spacial score (nSPS) is 33.7. The lowest BCUT2D eigenvalue weighted by molar-refractivity contribution is -0.125. The molecule has 2 atom stereocenters. The highest BCUT2D eigenvalue weighted by Crippen LogP contribution is 2.54. The van der Waals surface area contributed by atoms with E-state index in [0.29, 0.717) is 6.54 Å². The van der Waals surface area contributed by atoms with Crippen molar-refractivity contribution in [3.05, 3.63) is 0 Å². The van der Waals surface area contributed by atoms with E-state index < -0.39 is 0 Å². The van der Waals surface area contributed by atoms with E-state index in [4.69, 9.17) is 5.11 Å². The zero-order valence-corrected chi connectivity index (χ0v) is 9.62. The Labute approximate surface area is 91.2 Å². The van der Waals surface area contributed by atoms with Crippen LogP contribution < -0.4 is 5.32 Å². The van der Waals surface area contributed by atoms with Gasteiger partial charge in [0, 0.05) is 24.5 Å². The first-order valence-corrected chi connectivity index (χ1v) is 5.90. The summed E-state index contributed by atoms with van der Waals surface area (Å²) in [4.78, 5) is 11.8. The predicted octanol–water partition coefficient (Wildman–Crippen LogP) is 1.17. The van der Waals surface area contributed by atoms with Crippen molar-refractivity contribution in [1.29, 1.82) is 0 Å². The molecule has 15 heavy (non-hydrogen) atoms. The molecule has 3 heteroatoms. The summed E-state index contributed by atoms with van der Waals surface area (Å²) in [6.45, 7) is 4.61. The molecule has 86 valence electrons. The molecular weight excluding hydrogens is 190 g/mol. The van der Waals surface area contributed by atoms with Gasteiger partial charge in [-0.1, -0.05) is 13.8 Å². The monoisotopic (exact) mass is 211 g/mol. The summed E-state index contributed by atoms with van der Waals surface area (Å²) in [7, 11) is 0. The number of carbonyl (C=O) groups is 1. The predicted molar refractivity (Wildman–Crippen MR) is 58.2 cm³/mol. The first kappa shape index (κ1) is 10.9. The fourth-order valence-corrected chi connectivity index (χ4v) is 2.46. The first-order valence-electron chi connectivity index (χ1n) is 5.90. The second kappa shape index (κ2) is 3.78. The Hall–Kier alpha value is -0.570. The van der Waals surface area contributed by atoms with Crippen LogP contribution in [0.15, 0.2) is 0 Å². The lowest BCUT2D eigenvalue weighted by Crippen LogP contribution is -2.38. The van der Waals surface area contributed by atoms with Gasteiger partial charge in [-0.25, -0.2) is 0 Å². The third kappa shape index (κ3) is 2.51.